The Labute approximate surface area is 165 Å². The Bertz CT molecular complexity index is 988. The summed E-state index contributed by atoms with van der Waals surface area (Å²) in [4.78, 5) is 19.1. The number of likely N-dealkylation sites (N-methyl/N-ethyl adjacent to an activating group) is 1. The standard InChI is InChI=1S/C23H27N3O2/c1-4-25-15-18(14-21(25)27)23-24-19-10-5-6-11-20(19)26(23)12-13-28-22-16(2)8-7-9-17(22)3/h5-11,18H,4,12-15H2,1-3H3. The van der Waals surface area contributed by atoms with Crippen LogP contribution in [0.3, 0.4) is 0 Å². The summed E-state index contributed by atoms with van der Waals surface area (Å²) >= 11 is 0. The predicted octanol–water partition coefficient (Wildman–Crippen LogP) is 4.07. The van der Waals surface area contributed by atoms with E-state index >= 15 is 0 Å². The zero-order valence-electron chi connectivity index (χ0n) is 16.8. The number of benzene rings is 2. The second kappa shape index (κ2) is 7.66. The number of para-hydroxylation sites is 3. The molecule has 2 aromatic carbocycles. The van der Waals surface area contributed by atoms with Crippen LogP contribution in [0.1, 0.15) is 36.2 Å². The second-order valence-electron chi connectivity index (χ2n) is 7.51. The highest BCUT2D eigenvalue weighted by Crippen LogP contribution is 2.30. The van der Waals surface area contributed by atoms with E-state index in [1.54, 1.807) is 0 Å². The second-order valence-corrected chi connectivity index (χ2v) is 7.51. The first kappa shape index (κ1) is 18.5. The average molecular weight is 377 g/mol. The number of amides is 1. The number of nitrogens with zero attached hydrogens (tertiary/aromatic N) is 3. The molecule has 1 aliphatic heterocycles. The van der Waals surface area contributed by atoms with Crippen molar-refractivity contribution in [1.29, 1.82) is 0 Å². The highest BCUT2D eigenvalue weighted by Gasteiger charge is 2.33. The largest absolute Gasteiger partial charge is 0.491 e. The van der Waals surface area contributed by atoms with Crippen LogP contribution in [0.4, 0.5) is 0 Å². The maximum Gasteiger partial charge on any atom is 0.223 e. The van der Waals surface area contributed by atoms with Gasteiger partial charge in [-0.25, -0.2) is 4.98 Å². The minimum absolute atomic E-state index is 0.139. The van der Waals surface area contributed by atoms with E-state index in [0.29, 0.717) is 19.6 Å². The lowest BCUT2D eigenvalue weighted by atomic mass is 10.1. The number of aryl methyl sites for hydroxylation is 2. The van der Waals surface area contributed by atoms with Crippen LogP contribution in [-0.4, -0.2) is 40.1 Å². The molecule has 3 aromatic rings. The van der Waals surface area contributed by atoms with Gasteiger partial charge in [0.1, 0.15) is 18.2 Å². The van der Waals surface area contributed by atoms with Crippen LogP contribution in [-0.2, 0) is 11.3 Å². The number of fused-ring (bicyclic) bond motifs is 1. The van der Waals surface area contributed by atoms with Gasteiger partial charge in [0.2, 0.25) is 5.91 Å². The quantitative estimate of drug-likeness (QED) is 0.651. The van der Waals surface area contributed by atoms with Crippen molar-refractivity contribution in [3.8, 4) is 5.75 Å². The first-order valence-electron chi connectivity index (χ1n) is 10.0. The maximum atomic E-state index is 12.3. The molecule has 0 aliphatic carbocycles. The molecule has 1 aliphatic rings. The van der Waals surface area contributed by atoms with Crippen molar-refractivity contribution >= 4 is 16.9 Å². The van der Waals surface area contributed by atoms with Crippen molar-refractivity contribution in [2.75, 3.05) is 19.7 Å². The van der Waals surface area contributed by atoms with Gasteiger partial charge < -0.3 is 14.2 Å². The number of aromatic nitrogens is 2. The molecule has 28 heavy (non-hydrogen) atoms. The third-order valence-corrected chi connectivity index (χ3v) is 5.62. The van der Waals surface area contributed by atoms with Crippen LogP contribution >= 0.6 is 0 Å². The molecule has 2 heterocycles. The molecule has 4 rings (SSSR count). The molecular formula is C23H27N3O2. The molecule has 5 heteroatoms. The van der Waals surface area contributed by atoms with Crippen molar-refractivity contribution in [2.45, 2.75) is 39.7 Å². The Morgan fingerprint density at radius 1 is 1.11 bits per heavy atom. The van der Waals surface area contributed by atoms with Gasteiger partial charge in [-0.15, -0.1) is 0 Å². The topological polar surface area (TPSA) is 47.4 Å². The molecule has 0 N–H and O–H groups in total. The fourth-order valence-electron chi connectivity index (χ4n) is 4.16. The Kier molecular flexibility index (Phi) is 5.07. The van der Waals surface area contributed by atoms with Gasteiger partial charge in [0.05, 0.1) is 17.6 Å². The Hall–Kier alpha value is -2.82. The van der Waals surface area contributed by atoms with Crippen LogP contribution in [0.15, 0.2) is 42.5 Å². The van der Waals surface area contributed by atoms with E-state index in [2.05, 4.69) is 42.7 Å². The third kappa shape index (κ3) is 3.37. The summed E-state index contributed by atoms with van der Waals surface area (Å²) < 4.78 is 8.38. The van der Waals surface area contributed by atoms with E-state index in [1.807, 2.05) is 30.0 Å². The van der Waals surface area contributed by atoms with Crippen molar-refractivity contribution in [2.24, 2.45) is 0 Å². The van der Waals surface area contributed by atoms with Crippen LogP contribution in [0.2, 0.25) is 0 Å². The lowest BCUT2D eigenvalue weighted by Crippen LogP contribution is -2.24. The molecule has 1 unspecified atom stereocenters. The number of likely N-dealkylation sites (tertiary alicyclic amines) is 1. The van der Waals surface area contributed by atoms with E-state index in [0.717, 1.165) is 46.8 Å². The van der Waals surface area contributed by atoms with Crippen molar-refractivity contribution in [3.05, 3.63) is 59.4 Å². The minimum Gasteiger partial charge on any atom is -0.491 e. The van der Waals surface area contributed by atoms with E-state index in [9.17, 15) is 4.79 Å². The number of hydrogen-bond donors (Lipinski definition) is 0. The van der Waals surface area contributed by atoms with Gasteiger partial charge in [0.25, 0.3) is 0 Å². The van der Waals surface area contributed by atoms with Gasteiger partial charge >= 0.3 is 0 Å². The Morgan fingerprint density at radius 3 is 2.57 bits per heavy atom. The lowest BCUT2D eigenvalue weighted by Gasteiger charge is -2.16. The summed E-state index contributed by atoms with van der Waals surface area (Å²) in [5, 5.41) is 0. The summed E-state index contributed by atoms with van der Waals surface area (Å²) in [6.07, 6.45) is 0.537. The molecule has 0 radical (unpaired) electrons. The number of rotatable bonds is 6. The molecular weight excluding hydrogens is 350 g/mol. The van der Waals surface area contributed by atoms with Crippen LogP contribution < -0.4 is 4.74 Å². The number of ether oxygens (including phenoxy) is 1. The van der Waals surface area contributed by atoms with Crippen LogP contribution in [0, 0.1) is 13.8 Å². The molecule has 0 bridgehead atoms. The molecule has 1 fully saturated rings. The fourth-order valence-corrected chi connectivity index (χ4v) is 4.16. The summed E-state index contributed by atoms with van der Waals surface area (Å²) in [6, 6.07) is 14.4. The molecule has 1 aromatic heterocycles. The van der Waals surface area contributed by atoms with Crippen molar-refractivity contribution < 1.29 is 9.53 Å². The smallest absolute Gasteiger partial charge is 0.223 e. The Morgan fingerprint density at radius 2 is 1.86 bits per heavy atom. The average Bonchev–Trinajstić information content (AvgIpc) is 3.24. The van der Waals surface area contributed by atoms with E-state index < -0.39 is 0 Å². The van der Waals surface area contributed by atoms with Crippen molar-refractivity contribution in [3.63, 3.8) is 0 Å². The van der Waals surface area contributed by atoms with Gasteiger partial charge in [0, 0.05) is 25.4 Å². The molecule has 0 saturated carbocycles. The van der Waals surface area contributed by atoms with Gasteiger partial charge in [-0.05, 0) is 44.0 Å². The molecule has 1 atom stereocenters. The first-order valence-corrected chi connectivity index (χ1v) is 10.0. The van der Waals surface area contributed by atoms with Crippen molar-refractivity contribution in [1.82, 2.24) is 14.5 Å². The molecule has 5 nitrogen and oxygen atoms in total. The summed E-state index contributed by atoms with van der Waals surface area (Å²) in [5.74, 6) is 2.32. The number of carbonyl (C=O) groups is 1. The molecule has 146 valence electrons. The summed E-state index contributed by atoms with van der Waals surface area (Å²) in [5.41, 5.74) is 4.38. The summed E-state index contributed by atoms with van der Waals surface area (Å²) in [7, 11) is 0. The first-order chi connectivity index (χ1) is 13.6. The molecule has 1 saturated heterocycles. The SMILES string of the molecule is CCN1CC(c2nc3ccccc3n2CCOc2c(C)cccc2C)CC1=O. The highest BCUT2D eigenvalue weighted by atomic mass is 16.5. The number of imidazole rings is 1. The highest BCUT2D eigenvalue weighted by molar-refractivity contribution is 5.80. The monoisotopic (exact) mass is 377 g/mol. The number of carbonyl (C=O) groups excluding carboxylic acids is 1. The van der Waals surface area contributed by atoms with E-state index in [4.69, 9.17) is 9.72 Å². The normalized spacial score (nSPS) is 16.9. The predicted molar refractivity (Wildman–Crippen MR) is 111 cm³/mol. The van der Waals surface area contributed by atoms with Gasteiger partial charge in [-0.2, -0.15) is 0 Å². The van der Waals surface area contributed by atoms with Crippen LogP contribution in [0.25, 0.3) is 11.0 Å². The summed E-state index contributed by atoms with van der Waals surface area (Å²) in [6.45, 7) is 8.95. The third-order valence-electron chi connectivity index (χ3n) is 5.62. The Balaban J connectivity index is 1.60. The zero-order valence-corrected chi connectivity index (χ0v) is 16.8. The van der Waals surface area contributed by atoms with Crippen LogP contribution in [0.5, 0.6) is 5.75 Å². The van der Waals surface area contributed by atoms with Gasteiger partial charge in [-0.3, -0.25) is 4.79 Å². The number of hydrogen-bond acceptors (Lipinski definition) is 3. The van der Waals surface area contributed by atoms with E-state index in [-0.39, 0.29) is 11.8 Å². The maximum absolute atomic E-state index is 12.3. The van der Waals surface area contributed by atoms with Gasteiger partial charge in [-0.1, -0.05) is 30.3 Å². The molecule has 0 spiro atoms. The van der Waals surface area contributed by atoms with Gasteiger partial charge in [0.15, 0.2) is 0 Å². The fraction of sp³-hybridized carbons (Fsp3) is 0.391. The molecule has 1 amide bonds. The minimum atomic E-state index is 0.139. The lowest BCUT2D eigenvalue weighted by molar-refractivity contribution is -0.127. The van der Waals surface area contributed by atoms with E-state index in [1.165, 1.54) is 0 Å². The zero-order chi connectivity index (χ0) is 19.7.